The minimum Gasteiger partial charge on any atom is -0.504 e. The van der Waals surface area contributed by atoms with Gasteiger partial charge in [0.2, 0.25) is 11.5 Å². The number of ether oxygens (including phenoxy) is 2. The minimum atomic E-state index is -0.695. The van der Waals surface area contributed by atoms with E-state index in [9.17, 15) is 40.5 Å². The number of nitriles is 2. The second kappa shape index (κ2) is 12.9. The largest absolute Gasteiger partial charge is 0.504 e. The van der Waals surface area contributed by atoms with E-state index in [1.807, 2.05) is 0 Å². The van der Waals surface area contributed by atoms with Crippen molar-refractivity contribution < 1.29 is 39.5 Å². The summed E-state index contributed by atoms with van der Waals surface area (Å²) in [6.07, 6.45) is 2.69. The number of hydrogen-bond acceptors (Lipinski definition) is 10. The van der Waals surface area contributed by atoms with Crippen LogP contribution in [0.15, 0.2) is 35.4 Å². The molecule has 0 aliphatic heterocycles. The average Bonchev–Trinajstić information content (AvgIpc) is 2.88. The number of phenols is 4. The van der Waals surface area contributed by atoms with Crippen molar-refractivity contribution in [1.29, 1.82) is 10.5 Å². The van der Waals surface area contributed by atoms with Gasteiger partial charge in [0.05, 0.1) is 14.2 Å². The van der Waals surface area contributed by atoms with E-state index in [2.05, 4.69) is 10.6 Å². The summed E-state index contributed by atoms with van der Waals surface area (Å²) < 4.78 is 9.85. The van der Waals surface area contributed by atoms with Gasteiger partial charge in [0.25, 0.3) is 11.8 Å². The van der Waals surface area contributed by atoms with Gasteiger partial charge in [-0.15, -0.1) is 0 Å². The molecule has 0 aromatic heterocycles. The predicted molar refractivity (Wildman–Crippen MR) is 130 cm³/mol. The first kappa shape index (κ1) is 27.9. The van der Waals surface area contributed by atoms with Gasteiger partial charge in [-0.1, -0.05) is 0 Å². The van der Waals surface area contributed by atoms with Gasteiger partial charge in [-0.05, 0) is 54.0 Å². The minimum absolute atomic E-state index is 0.0353. The molecule has 0 heterocycles. The van der Waals surface area contributed by atoms with Gasteiger partial charge in [0.15, 0.2) is 23.0 Å². The fourth-order valence-electron chi connectivity index (χ4n) is 3.02. The van der Waals surface area contributed by atoms with Crippen molar-refractivity contribution in [3.05, 3.63) is 46.5 Å². The normalized spacial score (nSPS) is 11.1. The Balaban J connectivity index is 1.94. The van der Waals surface area contributed by atoms with E-state index >= 15 is 0 Å². The van der Waals surface area contributed by atoms with Gasteiger partial charge >= 0.3 is 0 Å². The van der Waals surface area contributed by atoms with E-state index in [-0.39, 0.29) is 53.3 Å². The molecular weight excluding hydrogens is 484 g/mol. The van der Waals surface area contributed by atoms with Crippen molar-refractivity contribution in [3.63, 3.8) is 0 Å². The lowest BCUT2D eigenvalue weighted by Gasteiger charge is -2.08. The number of nitrogens with one attached hydrogen (secondary N) is 2. The third-order valence-corrected chi connectivity index (χ3v) is 4.87. The Morgan fingerprint density at radius 2 is 1.16 bits per heavy atom. The lowest BCUT2D eigenvalue weighted by molar-refractivity contribution is -0.117. The number of nitrogens with zero attached hydrogens (tertiary/aromatic N) is 2. The van der Waals surface area contributed by atoms with Crippen LogP contribution in [0.1, 0.15) is 17.5 Å². The molecule has 0 saturated carbocycles. The monoisotopic (exact) mass is 508 g/mol. The molecule has 0 spiro atoms. The van der Waals surface area contributed by atoms with Crippen molar-refractivity contribution >= 4 is 24.0 Å². The topological polar surface area (TPSA) is 205 Å². The molecule has 0 radical (unpaired) electrons. The number of hydrogen-bond donors (Lipinski definition) is 6. The van der Waals surface area contributed by atoms with Gasteiger partial charge in [-0.2, -0.15) is 10.5 Å². The summed E-state index contributed by atoms with van der Waals surface area (Å²) in [4.78, 5) is 24.6. The molecule has 0 aliphatic rings. The molecule has 0 saturated heterocycles. The highest BCUT2D eigenvalue weighted by Crippen LogP contribution is 2.37. The molecule has 0 bridgehead atoms. The van der Waals surface area contributed by atoms with Crippen molar-refractivity contribution in [2.45, 2.75) is 6.42 Å². The summed E-state index contributed by atoms with van der Waals surface area (Å²) in [5.41, 5.74) is -0.0279. The Labute approximate surface area is 211 Å². The molecule has 0 atom stereocenters. The van der Waals surface area contributed by atoms with Crippen molar-refractivity contribution in [3.8, 4) is 46.6 Å². The third kappa shape index (κ3) is 7.31. The lowest BCUT2D eigenvalue weighted by Crippen LogP contribution is -2.30. The number of benzene rings is 2. The van der Waals surface area contributed by atoms with Crippen LogP contribution in [0.4, 0.5) is 0 Å². The van der Waals surface area contributed by atoms with Gasteiger partial charge in [-0.25, -0.2) is 0 Å². The van der Waals surface area contributed by atoms with E-state index in [0.717, 1.165) is 12.1 Å². The zero-order chi connectivity index (χ0) is 27.5. The molecule has 0 aliphatic carbocycles. The maximum absolute atomic E-state index is 12.3. The zero-order valence-corrected chi connectivity index (χ0v) is 19.9. The molecule has 6 N–H and O–H groups in total. The quantitative estimate of drug-likeness (QED) is 0.118. The molecule has 2 aromatic carbocycles. The van der Waals surface area contributed by atoms with E-state index < -0.39 is 34.8 Å². The van der Waals surface area contributed by atoms with E-state index in [1.165, 1.54) is 38.5 Å². The Kier molecular flexibility index (Phi) is 9.74. The summed E-state index contributed by atoms with van der Waals surface area (Å²) >= 11 is 0. The van der Waals surface area contributed by atoms with Crippen LogP contribution in [-0.4, -0.2) is 59.5 Å². The predicted octanol–water partition coefficient (Wildman–Crippen LogP) is 1.66. The average molecular weight is 508 g/mol. The second-order valence-corrected chi connectivity index (χ2v) is 7.39. The second-order valence-electron chi connectivity index (χ2n) is 7.39. The number of phenolic OH excluding ortho intramolecular Hbond substituents is 4. The van der Waals surface area contributed by atoms with Crippen molar-refractivity contribution in [2.75, 3.05) is 27.3 Å². The highest BCUT2D eigenvalue weighted by atomic mass is 16.5. The number of amides is 2. The highest BCUT2D eigenvalue weighted by molar-refractivity contribution is 6.02. The van der Waals surface area contributed by atoms with Crippen LogP contribution in [-0.2, 0) is 9.59 Å². The zero-order valence-electron chi connectivity index (χ0n) is 19.9. The maximum atomic E-state index is 12.3. The fourth-order valence-corrected chi connectivity index (χ4v) is 3.02. The number of methoxy groups -OCH3 is 2. The molecule has 12 heteroatoms. The number of carbonyl (C=O) groups is 2. The summed E-state index contributed by atoms with van der Waals surface area (Å²) in [7, 11) is 2.56. The van der Waals surface area contributed by atoms with Crippen LogP contribution in [0.2, 0.25) is 0 Å². The fraction of sp³-hybridized carbons (Fsp3) is 0.200. The first-order valence-corrected chi connectivity index (χ1v) is 10.6. The number of carbonyl (C=O) groups excluding carboxylic acids is 2. The first-order valence-electron chi connectivity index (χ1n) is 10.6. The molecular formula is C25H24N4O8. The van der Waals surface area contributed by atoms with Gasteiger partial charge in [0, 0.05) is 13.1 Å². The van der Waals surface area contributed by atoms with Crippen molar-refractivity contribution in [1.82, 2.24) is 10.6 Å². The molecule has 37 heavy (non-hydrogen) atoms. The van der Waals surface area contributed by atoms with Crippen LogP contribution < -0.4 is 20.1 Å². The Bertz CT molecular complexity index is 1230. The van der Waals surface area contributed by atoms with Crippen LogP contribution in [0.5, 0.6) is 34.5 Å². The summed E-state index contributed by atoms with van der Waals surface area (Å²) in [5, 5.41) is 62.5. The van der Waals surface area contributed by atoms with Gasteiger partial charge in [0.1, 0.15) is 23.3 Å². The molecule has 2 aromatic rings. The lowest BCUT2D eigenvalue weighted by atomic mass is 10.1. The van der Waals surface area contributed by atoms with Crippen LogP contribution in [0, 0.1) is 22.7 Å². The van der Waals surface area contributed by atoms with Gasteiger partial charge in [-0.3, -0.25) is 9.59 Å². The van der Waals surface area contributed by atoms with Crippen LogP contribution >= 0.6 is 0 Å². The smallest absolute Gasteiger partial charge is 0.261 e. The van der Waals surface area contributed by atoms with Gasteiger partial charge < -0.3 is 40.5 Å². The standard InChI is InChI=1S/C25H24N4O8/c1-36-20-10-14(8-18(30)22(20)32)6-16(12-26)24(34)28-4-3-5-29-25(35)17(13-27)7-15-9-19(31)23(33)21(11-15)37-2/h6-11,30-33H,3-5H2,1-2H3,(H,28,34)(H,29,35)/b16-6+,17-7+. The maximum Gasteiger partial charge on any atom is 0.261 e. The first-order chi connectivity index (χ1) is 17.6. The van der Waals surface area contributed by atoms with Crippen molar-refractivity contribution in [2.24, 2.45) is 0 Å². The number of aromatic hydroxyl groups is 4. The number of rotatable bonds is 10. The van der Waals surface area contributed by atoms with E-state index in [4.69, 9.17) is 9.47 Å². The van der Waals surface area contributed by atoms with Crippen LogP contribution in [0.3, 0.4) is 0 Å². The van der Waals surface area contributed by atoms with E-state index in [0.29, 0.717) is 0 Å². The Morgan fingerprint density at radius 3 is 1.49 bits per heavy atom. The van der Waals surface area contributed by atoms with E-state index in [1.54, 1.807) is 12.1 Å². The molecule has 2 rings (SSSR count). The molecule has 12 nitrogen and oxygen atoms in total. The molecule has 2 amide bonds. The molecule has 192 valence electrons. The van der Waals surface area contributed by atoms with Crippen LogP contribution in [0.25, 0.3) is 12.2 Å². The Morgan fingerprint density at radius 1 is 0.784 bits per heavy atom. The summed E-state index contributed by atoms with van der Waals surface area (Å²) in [6.45, 7) is 0.188. The molecule has 0 fully saturated rings. The third-order valence-electron chi connectivity index (χ3n) is 4.87. The Hall–Kier alpha value is -5.36. The highest BCUT2D eigenvalue weighted by Gasteiger charge is 2.14. The molecule has 0 unspecified atom stereocenters. The SMILES string of the molecule is COc1cc(/C=C(\C#N)C(=O)NCCCNC(=O)/C(C#N)=C/c2cc(O)c(O)c(OC)c2)cc(O)c1O. The summed E-state index contributed by atoms with van der Waals surface area (Å²) in [6, 6.07) is 8.50. The summed E-state index contributed by atoms with van der Waals surface area (Å²) in [5.74, 6) is -3.37.